The first-order chi connectivity index (χ1) is 13.9. The quantitative estimate of drug-likeness (QED) is 0.482. The van der Waals surface area contributed by atoms with Gasteiger partial charge >= 0.3 is 0 Å². The third-order valence-corrected chi connectivity index (χ3v) is 5.48. The molecule has 0 atom stereocenters. The summed E-state index contributed by atoms with van der Waals surface area (Å²) in [5.74, 6) is -0.924. The topological polar surface area (TPSA) is 76.0 Å². The van der Waals surface area contributed by atoms with E-state index >= 15 is 0 Å². The fourth-order valence-corrected chi connectivity index (χ4v) is 3.70. The number of benzene rings is 2. The molecule has 0 aliphatic carbocycles. The Morgan fingerprint density at radius 2 is 1.66 bits per heavy atom. The van der Waals surface area contributed by atoms with Gasteiger partial charge in [0.05, 0.1) is 34.1 Å². The van der Waals surface area contributed by atoms with Gasteiger partial charge in [-0.1, -0.05) is 30.3 Å². The van der Waals surface area contributed by atoms with Gasteiger partial charge < -0.3 is 0 Å². The summed E-state index contributed by atoms with van der Waals surface area (Å²) in [5.41, 5.74) is 8.18. The fraction of sp³-hybridized carbons (Fsp3) is 0.190. The van der Waals surface area contributed by atoms with Crippen molar-refractivity contribution in [3.05, 3.63) is 77.4 Å². The molecule has 8 heteroatoms. The summed E-state index contributed by atoms with van der Waals surface area (Å²) >= 11 is 1.37. The third kappa shape index (κ3) is 5.45. The van der Waals surface area contributed by atoms with Gasteiger partial charge in [0.2, 0.25) is 11.8 Å². The maximum Gasteiger partial charge on any atom is 0.248 e. The molecule has 0 fully saturated rings. The largest absolute Gasteiger partial charge is 0.273 e. The Hall–Kier alpha value is -3.13. The van der Waals surface area contributed by atoms with E-state index in [-0.39, 0.29) is 29.8 Å². The zero-order valence-corrected chi connectivity index (χ0v) is 16.9. The maximum absolute atomic E-state index is 12.9. The van der Waals surface area contributed by atoms with E-state index in [1.807, 2.05) is 48.9 Å². The molecule has 6 nitrogen and oxygen atoms in total. The van der Waals surface area contributed by atoms with Crippen LogP contribution in [0.2, 0.25) is 0 Å². The number of carbonyl (C=O) groups excluding carboxylic acids is 2. The van der Waals surface area contributed by atoms with Crippen LogP contribution in [0.1, 0.15) is 17.0 Å². The van der Waals surface area contributed by atoms with Gasteiger partial charge in [-0.2, -0.15) is 5.10 Å². The predicted octanol–water partition coefficient (Wildman–Crippen LogP) is 3.11. The van der Waals surface area contributed by atoms with Gasteiger partial charge in [-0.15, -0.1) is 11.8 Å². The van der Waals surface area contributed by atoms with Crippen molar-refractivity contribution in [3.8, 4) is 5.69 Å². The molecule has 0 aliphatic heterocycles. The molecule has 2 amide bonds. The van der Waals surface area contributed by atoms with E-state index in [1.165, 1.54) is 36.0 Å². The number of aromatic nitrogens is 2. The minimum atomic E-state index is -0.376. The molecule has 1 aromatic heterocycles. The first-order valence-corrected chi connectivity index (χ1v) is 9.99. The molecular formula is C21H21FN4O2S. The van der Waals surface area contributed by atoms with Crippen LogP contribution in [0.3, 0.4) is 0 Å². The van der Waals surface area contributed by atoms with Crippen LogP contribution in [-0.4, -0.2) is 27.3 Å². The van der Waals surface area contributed by atoms with E-state index < -0.39 is 0 Å². The molecule has 0 spiro atoms. The molecule has 2 N–H and O–H groups in total. The summed E-state index contributed by atoms with van der Waals surface area (Å²) in [6.07, 6.45) is 0.0514. The van der Waals surface area contributed by atoms with Crippen molar-refractivity contribution >= 4 is 23.6 Å². The zero-order valence-electron chi connectivity index (χ0n) is 16.1. The van der Waals surface area contributed by atoms with Crippen LogP contribution in [0.25, 0.3) is 5.69 Å². The fourth-order valence-electron chi connectivity index (χ4n) is 2.80. The second-order valence-electron chi connectivity index (χ2n) is 6.44. The van der Waals surface area contributed by atoms with E-state index in [0.29, 0.717) is 5.56 Å². The van der Waals surface area contributed by atoms with Gasteiger partial charge in [-0.3, -0.25) is 20.4 Å². The minimum Gasteiger partial charge on any atom is -0.273 e. The first kappa shape index (κ1) is 20.6. The number of nitrogens with zero attached hydrogens (tertiary/aromatic N) is 2. The SMILES string of the molecule is Cc1nn(-c2ccccc2)c(C)c1SCC(=O)NNC(=O)Cc1ccc(F)cc1. The molecule has 29 heavy (non-hydrogen) atoms. The molecule has 0 unspecified atom stereocenters. The summed E-state index contributed by atoms with van der Waals surface area (Å²) < 4.78 is 14.7. The van der Waals surface area contributed by atoms with Crippen molar-refractivity contribution in [2.75, 3.05) is 5.75 Å². The number of rotatable bonds is 6. The van der Waals surface area contributed by atoms with Crippen LogP contribution in [0.15, 0.2) is 59.5 Å². The molecule has 0 aliphatic rings. The Morgan fingerprint density at radius 3 is 2.34 bits per heavy atom. The molecular weight excluding hydrogens is 391 g/mol. The third-order valence-electron chi connectivity index (χ3n) is 4.19. The van der Waals surface area contributed by atoms with Crippen LogP contribution in [0, 0.1) is 19.7 Å². The van der Waals surface area contributed by atoms with Crippen molar-refractivity contribution < 1.29 is 14.0 Å². The highest BCUT2D eigenvalue weighted by Crippen LogP contribution is 2.27. The second-order valence-corrected chi connectivity index (χ2v) is 7.42. The van der Waals surface area contributed by atoms with Gasteiger partial charge in [0.1, 0.15) is 5.82 Å². The first-order valence-electron chi connectivity index (χ1n) is 9.00. The summed E-state index contributed by atoms with van der Waals surface area (Å²) in [5, 5.41) is 4.55. The highest BCUT2D eigenvalue weighted by molar-refractivity contribution is 8.00. The highest BCUT2D eigenvalue weighted by Gasteiger charge is 2.15. The van der Waals surface area contributed by atoms with Crippen molar-refractivity contribution in [1.82, 2.24) is 20.6 Å². The smallest absolute Gasteiger partial charge is 0.248 e. The Kier molecular flexibility index (Phi) is 6.66. The van der Waals surface area contributed by atoms with E-state index in [4.69, 9.17) is 0 Å². The molecule has 0 radical (unpaired) electrons. The number of para-hydroxylation sites is 1. The zero-order chi connectivity index (χ0) is 20.8. The number of amides is 2. The number of hydrogen-bond acceptors (Lipinski definition) is 4. The average Bonchev–Trinajstić information content (AvgIpc) is 3.01. The van der Waals surface area contributed by atoms with Gasteiger partial charge in [0, 0.05) is 0 Å². The van der Waals surface area contributed by atoms with Gasteiger partial charge in [0.15, 0.2) is 0 Å². The molecule has 2 aromatic carbocycles. The van der Waals surface area contributed by atoms with E-state index in [2.05, 4.69) is 16.0 Å². The van der Waals surface area contributed by atoms with Crippen LogP contribution in [0.5, 0.6) is 0 Å². The van der Waals surface area contributed by atoms with Gasteiger partial charge in [-0.05, 0) is 43.7 Å². The van der Waals surface area contributed by atoms with Crippen LogP contribution < -0.4 is 10.9 Å². The Morgan fingerprint density at radius 1 is 1.00 bits per heavy atom. The minimum absolute atomic E-state index is 0.0514. The van der Waals surface area contributed by atoms with Gasteiger partial charge in [-0.25, -0.2) is 9.07 Å². The summed E-state index contributed by atoms with van der Waals surface area (Å²) in [7, 11) is 0. The Bertz CT molecular complexity index is 1000. The lowest BCUT2D eigenvalue weighted by molar-refractivity contribution is -0.127. The molecule has 150 valence electrons. The lowest BCUT2D eigenvalue weighted by atomic mass is 10.1. The van der Waals surface area contributed by atoms with Crippen LogP contribution in [0.4, 0.5) is 4.39 Å². The monoisotopic (exact) mass is 412 g/mol. The maximum atomic E-state index is 12.9. The average molecular weight is 412 g/mol. The van der Waals surface area contributed by atoms with E-state index in [0.717, 1.165) is 22.0 Å². The highest BCUT2D eigenvalue weighted by atomic mass is 32.2. The number of aryl methyl sites for hydroxylation is 1. The Balaban J connectivity index is 1.51. The van der Waals surface area contributed by atoms with E-state index in [9.17, 15) is 14.0 Å². The van der Waals surface area contributed by atoms with Crippen molar-refractivity contribution in [2.45, 2.75) is 25.2 Å². The normalized spacial score (nSPS) is 10.6. The number of carbonyl (C=O) groups is 2. The standard InChI is InChI=1S/C21H21FN4O2S/c1-14-21(15(2)26(25-14)18-6-4-3-5-7-18)29-13-20(28)24-23-19(27)12-16-8-10-17(22)11-9-16/h3-11H,12-13H2,1-2H3,(H,23,27)(H,24,28). The lowest BCUT2D eigenvalue weighted by Crippen LogP contribution is -2.43. The van der Waals surface area contributed by atoms with Crippen LogP contribution >= 0.6 is 11.8 Å². The van der Waals surface area contributed by atoms with Crippen molar-refractivity contribution in [2.24, 2.45) is 0 Å². The van der Waals surface area contributed by atoms with E-state index in [1.54, 1.807) is 0 Å². The number of halogens is 1. The number of hydrazine groups is 1. The molecule has 3 rings (SSSR count). The van der Waals surface area contributed by atoms with Crippen molar-refractivity contribution in [3.63, 3.8) is 0 Å². The summed E-state index contributed by atoms with van der Waals surface area (Å²) in [6.45, 7) is 3.86. The second kappa shape index (κ2) is 9.38. The summed E-state index contributed by atoms with van der Waals surface area (Å²) in [4.78, 5) is 24.9. The predicted molar refractivity (Wildman–Crippen MR) is 110 cm³/mol. The number of nitrogens with one attached hydrogen (secondary N) is 2. The lowest BCUT2D eigenvalue weighted by Gasteiger charge is -2.08. The Labute approximate surface area is 172 Å². The summed E-state index contributed by atoms with van der Waals surface area (Å²) in [6, 6.07) is 15.4. The molecule has 1 heterocycles. The van der Waals surface area contributed by atoms with Gasteiger partial charge in [0.25, 0.3) is 0 Å². The van der Waals surface area contributed by atoms with Crippen LogP contribution in [-0.2, 0) is 16.0 Å². The van der Waals surface area contributed by atoms with Crippen molar-refractivity contribution in [1.29, 1.82) is 0 Å². The molecule has 0 bridgehead atoms. The number of thioether (sulfide) groups is 1. The molecule has 0 saturated heterocycles. The number of hydrogen-bond donors (Lipinski definition) is 2. The molecule has 3 aromatic rings. The molecule has 0 saturated carbocycles.